The lowest BCUT2D eigenvalue weighted by atomic mass is 10.1. The highest BCUT2D eigenvalue weighted by Crippen LogP contribution is 2.16. The third-order valence-electron chi connectivity index (χ3n) is 5.46. The summed E-state index contributed by atoms with van der Waals surface area (Å²) in [7, 11) is 4.27. The van der Waals surface area contributed by atoms with Crippen LogP contribution in [0.25, 0.3) is 0 Å². The molecule has 28 heavy (non-hydrogen) atoms. The van der Waals surface area contributed by atoms with Gasteiger partial charge >= 0.3 is 0 Å². The highest BCUT2D eigenvalue weighted by atomic mass is 16.5. The van der Waals surface area contributed by atoms with Crippen molar-refractivity contribution in [2.45, 2.75) is 58.0 Å². The lowest BCUT2D eigenvalue weighted by molar-refractivity contribution is -0.142. The van der Waals surface area contributed by atoms with Crippen LogP contribution in [-0.4, -0.2) is 99.2 Å². The van der Waals surface area contributed by atoms with Crippen molar-refractivity contribution in [1.29, 1.82) is 0 Å². The summed E-state index contributed by atoms with van der Waals surface area (Å²) in [6, 6.07) is 0. The summed E-state index contributed by atoms with van der Waals surface area (Å²) >= 11 is 0. The third-order valence-corrected chi connectivity index (χ3v) is 5.46. The van der Waals surface area contributed by atoms with Gasteiger partial charge in [-0.3, -0.25) is 9.79 Å². The monoisotopic (exact) mass is 395 g/mol. The molecule has 2 rings (SSSR count). The number of guanidine groups is 1. The molecule has 2 heterocycles. The number of unbranched alkanes of at least 4 members (excludes halogenated alkanes) is 4. The van der Waals surface area contributed by atoms with E-state index >= 15 is 0 Å². The topological polar surface area (TPSA) is 60.4 Å². The molecule has 1 N–H and O–H groups in total. The van der Waals surface area contributed by atoms with E-state index in [0.717, 1.165) is 71.1 Å². The first kappa shape index (κ1) is 22.9. The Bertz CT molecular complexity index is 469. The zero-order valence-electron chi connectivity index (χ0n) is 18.3. The van der Waals surface area contributed by atoms with Crippen LogP contribution in [0.4, 0.5) is 0 Å². The van der Waals surface area contributed by atoms with Crippen molar-refractivity contribution in [2.75, 3.05) is 66.5 Å². The van der Waals surface area contributed by atoms with Crippen molar-refractivity contribution in [2.24, 2.45) is 4.99 Å². The van der Waals surface area contributed by atoms with Gasteiger partial charge in [-0.25, -0.2) is 0 Å². The second-order valence-electron chi connectivity index (χ2n) is 8.12. The summed E-state index contributed by atoms with van der Waals surface area (Å²) < 4.78 is 5.55. The number of ether oxygens (including phenoxy) is 1. The van der Waals surface area contributed by atoms with E-state index < -0.39 is 0 Å². The molecule has 162 valence electrons. The van der Waals surface area contributed by atoms with E-state index in [9.17, 15) is 4.79 Å². The van der Waals surface area contributed by atoms with E-state index in [1.54, 1.807) is 0 Å². The largest absolute Gasteiger partial charge is 0.368 e. The van der Waals surface area contributed by atoms with Crippen molar-refractivity contribution >= 4 is 11.9 Å². The molecule has 1 atom stereocenters. The second-order valence-corrected chi connectivity index (χ2v) is 8.12. The summed E-state index contributed by atoms with van der Waals surface area (Å²) in [4.78, 5) is 23.8. The molecular formula is C21H41N5O2. The molecule has 0 aliphatic carbocycles. The molecule has 0 radical (unpaired) electrons. The SMILES string of the molecule is CCNC(=NCCCCCCCN(C)C)N1CCN(C(=O)C2CCCO2)CC1. The molecule has 0 spiro atoms. The van der Waals surface area contributed by atoms with Crippen molar-refractivity contribution in [3.05, 3.63) is 0 Å². The molecule has 1 unspecified atom stereocenters. The number of piperazine rings is 1. The van der Waals surface area contributed by atoms with Gasteiger partial charge in [0.25, 0.3) is 5.91 Å². The van der Waals surface area contributed by atoms with Gasteiger partial charge in [0.1, 0.15) is 6.10 Å². The molecule has 0 aromatic carbocycles. The van der Waals surface area contributed by atoms with E-state index in [4.69, 9.17) is 9.73 Å². The fraction of sp³-hybridized carbons (Fsp3) is 0.905. The number of carbonyl (C=O) groups excluding carboxylic acids is 1. The third kappa shape index (κ3) is 7.95. The Morgan fingerprint density at radius 3 is 2.39 bits per heavy atom. The maximum Gasteiger partial charge on any atom is 0.251 e. The number of rotatable bonds is 10. The number of carbonyl (C=O) groups is 1. The number of hydrogen-bond acceptors (Lipinski definition) is 4. The van der Waals surface area contributed by atoms with Gasteiger partial charge in [-0.15, -0.1) is 0 Å². The number of amides is 1. The van der Waals surface area contributed by atoms with Gasteiger partial charge in [-0.05, 0) is 53.2 Å². The molecule has 0 aromatic heterocycles. The average Bonchev–Trinajstić information content (AvgIpc) is 3.23. The molecule has 2 saturated heterocycles. The number of aliphatic imine (C=N–C) groups is 1. The smallest absolute Gasteiger partial charge is 0.251 e. The van der Waals surface area contributed by atoms with Crippen molar-refractivity contribution < 1.29 is 9.53 Å². The number of nitrogens with one attached hydrogen (secondary N) is 1. The zero-order valence-corrected chi connectivity index (χ0v) is 18.3. The van der Waals surface area contributed by atoms with Gasteiger partial charge in [0, 0.05) is 45.9 Å². The van der Waals surface area contributed by atoms with Gasteiger partial charge < -0.3 is 24.8 Å². The summed E-state index contributed by atoms with van der Waals surface area (Å²) in [5, 5.41) is 3.42. The highest BCUT2D eigenvalue weighted by molar-refractivity contribution is 5.82. The predicted octanol–water partition coefficient (Wildman–Crippen LogP) is 1.79. The first-order chi connectivity index (χ1) is 13.6. The minimum absolute atomic E-state index is 0.174. The van der Waals surface area contributed by atoms with E-state index in [2.05, 4.69) is 36.1 Å². The Balaban J connectivity index is 1.67. The van der Waals surface area contributed by atoms with Gasteiger partial charge in [0.2, 0.25) is 0 Å². The van der Waals surface area contributed by atoms with Crippen LogP contribution in [0.1, 0.15) is 51.9 Å². The molecule has 0 bridgehead atoms. The van der Waals surface area contributed by atoms with Gasteiger partial charge in [0.05, 0.1) is 0 Å². The number of hydrogen-bond donors (Lipinski definition) is 1. The standard InChI is InChI=1S/C21H41N5O2/c1-4-22-21(23-12-8-6-5-7-9-13-24(2)3)26-16-14-25(15-17-26)20(27)19-11-10-18-28-19/h19H,4-18H2,1-3H3,(H,22,23). The summed E-state index contributed by atoms with van der Waals surface area (Å²) in [5.41, 5.74) is 0. The molecule has 2 fully saturated rings. The Morgan fingerprint density at radius 2 is 1.75 bits per heavy atom. The van der Waals surface area contributed by atoms with Crippen LogP contribution < -0.4 is 5.32 Å². The summed E-state index contributed by atoms with van der Waals surface area (Å²) in [5.74, 6) is 1.17. The minimum Gasteiger partial charge on any atom is -0.368 e. The first-order valence-corrected chi connectivity index (χ1v) is 11.2. The Hall–Kier alpha value is -1.34. The van der Waals surface area contributed by atoms with Crippen molar-refractivity contribution in [1.82, 2.24) is 20.0 Å². The molecule has 2 aliphatic rings. The van der Waals surface area contributed by atoms with Crippen LogP contribution in [0.2, 0.25) is 0 Å². The van der Waals surface area contributed by atoms with Gasteiger partial charge in [0.15, 0.2) is 5.96 Å². The van der Waals surface area contributed by atoms with E-state index in [-0.39, 0.29) is 12.0 Å². The zero-order chi connectivity index (χ0) is 20.2. The van der Waals surface area contributed by atoms with Crippen LogP contribution in [0.15, 0.2) is 4.99 Å². The number of nitrogens with zero attached hydrogens (tertiary/aromatic N) is 4. The molecular weight excluding hydrogens is 354 g/mol. The Kier molecular flexibility index (Phi) is 10.6. The second kappa shape index (κ2) is 13.0. The van der Waals surface area contributed by atoms with Crippen molar-refractivity contribution in [3.8, 4) is 0 Å². The van der Waals surface area contributed by atoms with Crippen LogP contribution in [0.5, 0.6) is 0 Å². The lowest BCUT2D eigenvalue weighted by Crippen LogP contribution is -2.55. The highest BCUT2D eigenvalue weighted by Gasteiger charge is 2.30. The van der Waals surface area contributed by atoms with Crippen LogP contribution in [0, 0.1) is 0 Å². The Labute approximate surface area is 171 Å². The van der Waals surface area contributed by atoms with Crippen LogP contribution >= 0.6 is 0 Å². The average molecular weight is 396 g/mol. The van der Waals surface area contributed by atoms with E-state index in [1.165, 1.54) is 32.2 Å². The molecule has 2 aliphatic heterocycles. The lowest BCUT2D eigenvalue weighted by Gasteiger charge is -2.37. The molecule has 1 amide bonds. The van der Waals surface area contributed by atoms with Gasteiger partial charge in [-0.2, -0.15) is 0 Å². The summed E-state index contributed by atoms with van der Waals surface area (Å²) in [6.07, 6.45) is 7.96. The normalized spacial score (nSPS) is 20.9. The quantitative estimate of drug-likeness (QED) is 0.347. The first-order valence-electron chi connectivity index (χ1n) is 11.2. The molecule has 0 aromatic rings. The maximum atomic E-state index is 12.5. The van der Waals surface area contributed by atoms with E-state index in [1.807, 2.05) is 4.90 Å². The molecule has 0 saturated carbocycles. The maximum absolute atomic E-state index is 12.5. The molecule has 7 nitrogen and oxygen atoms in total. The van der Waals surface area contributed by atoms with Crippen LogP contribution in [0.3, 0.4) is 0 Å². The molecule has 7 heteroatoms. The van der Waals surface area contributed by atoms with E-state index in [0.29, 0.717) is 0 Å². The van der Waals surface area contributed by atoms with Crippen LogP contribution in [-0.2, 0) is 9.53 Å². The summed E-state index contributed by atoms with van der Waals surface area (Å²) in [6.45, 7) is 8.97. The fourth-order valence-electron chi connectivity index (χ4n) is 3.80. The Morgan fingerprint density at radius 1 is 1.07 bits per heavy atom. The minimum atomic E-state index is -0.203. The van der Waals surface area contributed by atoms with Gasteiger partial charge in [-0.1, -0.05) is 19.3 Å². The fourth-order valence-corrected chi connectivity index (χ4v) is 3.80. The van der Waals surface area contributed by atoms with Crippen molar-refractivity contribution in [3.63, 3.8) is 0 Å². The predicted molar refractivity (Wildman–Crippen MR) is 115 cm³/mol.